The molecule has 0 aliphatic heterocycles. The minimum absolute atomic E-state index is 0.0585. The fourth-order valence-corrected chi connectivity index (χ4v) is 2.94. The zero-order valence-corrected chi connectivity index (χ0v) is 13.1. The SMILES string of the molecule is O=c1c2[nH]c3ccc(Br)cc3c2ncn1CCc1cnc[nH]1. The third-order valence-corrected chi connectivity index (χ3v) is 4.20. The first-order chi connectivity index (χ1) is 10.7. The molecule has 3 heterocycles. The lowest BCUT2D eigenvalue weighted by atomic mass is 10.2. The van der Waals surface area contributed by atoms with Gasteiger partial charge in [-0.2, -0.15) is 0 Å². The lowest BCUT2D eigenvalue weighted by Crippen LogP contribution is -2.21. The van der Waals surface area contributed by atoms with Gasteiger partial charge < -0.3 is 9.97 Å². The van der Waals surface area contributed by atoms with Crippen LogP contribution in [0.5, 0.6) is 0 Å². The summed E-state index contributed by atoms with van der Waals surface area (Å²) < 4.78 is 2.58. The number of fused-ring (bicyclic) bond motifs is 3. The van der Waals surface area contributed by atoms with Crippen molar-refractivity contribution >= 4 is 37.9 Å². The van der Waals surface area contributed by atoms with E-state index in [2.05, 4.69) is 35.9 Å². The molecule has 0 atom stereocenters. The second-order valence-corrected chi connectivity index (χ2v) is 6.02. The van der Waals surface area contributed by atoms with E-state index in [0.717, 1.165) is 21.1 Å². The lowest BCUT2D eigenvalue weighted by Gasteiger charge is -2.03. The van der Waals surface area contributed by atoms with Gasteiger partial charge in [-0.25, -0.2) is 9.97 Å². The van der Waals surface area contributed by atoms with Gasteiger partial charge >= 0.3 is 0 Å². The molecule has 1 aromatic carbocycles. The number of aromatic nitrogens is 5. The Hall–Kier alpha value is -2.41. The molecule has 0 aliphatic carbocycles. The Bertz CT molecular complexity index is 1020. The summed E-state index contributed by atoms with van der Waals surface area (Å²) in [5, 5.41) is 0.946. The van der Waals surface area contributed by atoms with Crippen molar-refractivity contribution in [3.05, 3.63) is 57.6 Å². The van der Waals surface area contributed by atoms with Crippen LogP contribution in [0.15, 0.2) is 46.3 Å². The van der Waals surface area contributed by atoms with Crippen molar-refractivity contribution in [2.75, 3.05) is 0 Å². The number of halogens is 1. The highest BCUT2D eigenvalue weighted by atomic mass is 79.9. The highest BCUT2D eigenvalue weighted by Gasteiger charge is 2.11. The molecule has 0 saturated heterocycles. The molecule has 0 spiro atoms. The summed E-state index contributed by atoms with van der Waals surface area (Å²) in [6, 6.07) is 5.85. The standard InChI is InChI=1S/C15H12BrN5O/c16-9-1-2-12-11(5-9)13-14(20-12)15(22)21(8-19-13)4-3-10-6-17-7-18-10/h1-2,5-8,20H,3-4H2,(H,17,18). The molecule has 4 rings (SSSR count). The molecule has 0 radical (unpaired) electrons. The molecular weight excluding hydrogens is 346 g/mol. The van der Waals surface area contributed by atoms with Gasteiger partial charge in [0.05, 0.1) is 12.7 Å². The zero-order chi connectivity index (χ0) is 15.1. The van der Waals surface area contributed by atoms with E-state index >= 15 is 0 Å². The van der Waals surface area contributed by atoms with Crippen molar-refractivity contribution in [3.63, 3.8) is 0 Å². The van der Waals surface area contributed by atoms with Crippen LogP contribution in [0, 0.1) is 0 Å². The number of hydrogen-bond acceptors (Lipinski definition) is 3. The number of nitrogens with one attached hydrogen (secondary N) is 2. The Morgan fingerprint density at radius 3 is 3.05 bits per heavy atom. The third kappa shape index (κ3) is 2.14. The molecule has 22 heavy (non-hydrogen) atoms. The van der Waals surface area contributed by atoms with E-state index in [1.165, 1.54) is 0 Å². The molecule has 4 aromatic rings. The maximum atomic E-state index is 12.6. The van der Waals surface area contributed by atoms with E-state index in [0.29, 0.717) is 24.0 Å². The number of rotatable bonds is 3. The first-order valence-electron chi connectivity index (χ1n) is 6.86. The minimum atomic E-state index is -0.0585. The molecule has 0 amide bonds. The summed E-state index contributed by atoms with van der Waals surface area (Å²) in [4.78, 5) is 27.2. The Morgan fingerprint density at radius 2 is 2.23 bits per heavy atom. The molecule has 0 fully saturated rings. The number of nitrogens with zero attached hydrogens (tertiary/aromatic N) is 3. The summed E-state index contributed by atoms with van der Waals surface area (Å²) in [5.74, 6) is 0. The largest absolute Gasteiger partial charge is 0.349 e. The van der Waals surface area contributed by atoms with Gasteiger partial charge in [-0.1, -0.05) is 15.9 Å². The van der Waals surface area contributed by atoms with Crippen molar-refractivity contribution in [3.8, 4) is 0 Å². The average molecular weight is 358 g/mol. The molecule has 110 valence electrons. The quantitative estimate of drug-likeness (QED) is 0.591. The van der Waals surface area contributed by atoms with E-state index in [-0.39, 0.29) is 5.56 Å². The number of aryl methyl sites for hydroxylation is 2. The van der Waals surface area contributed by atoms with Crippen LogP contribution in [0.1, 0.15) is 5.69 Å². The fourth-order valence-electron chi connectivity index (χ4n) is 2.58. The Kier molecular flexibility index (Phi) is 3.07. The second-order valence-electron chi connectivity index (χ2n) is 5.11. The highest BCUT2D eigenvalue weighted by molar-refractivity contribution is 9.10. The van der Waals surface area contributed by atoms with Gasteiger partial charge in [0.15, 0.2) is 0 Å². The number of benzene rings is 1. The molecule has 6 nitrogen and oxygen atoms in total. The van der Waals surface area contributed by atoms with E-state index in [1.54, 1.807) is 23.4 Å². The van der Waals surface area contributed by atoms with Crippen LogP contribution >= 0.6 is 15.9 Å². The molecule has 3 aromatic heterocycles. The van der Waals surface area contributed by atoms with Crippen molar-refractivity contribution in [2.24, 2.45) is 0 Å². The molecule has 7 heteroatoms. The van der Waals surface area contributed by atoms with Crippen LogP contribution < -0.4 is 5.56 Å². The summed E-state index contributed by atoms with van der Waals surface area (Å²) in [7, 11) is 0. The second kappa shape index (κ2) is 5.10. The normalized spacial score (nSPS) is 11.5. The van der Waals surface area contributed by atoms with Gasteiger partial charge in [0.25, 0.3) is 5.56 Å². The fraction of sp³-hybridized carbons (Fsp3) is 0.133. The molecule has 2 N–H and O–H groups in total. The monoisotopic (exact) mass is 357 g/mol. The highest BCUT2D eigenvalue weighted by Crippen LogP contribution is 2.24. The first kappa shape index (κ1) is 13.3. The summed E-state index contributed by atoms with van der Waals surface area (Å²) in [6.07, 6.45) is 5.71. The van der Waals surface area contributed by atoms with Gasteiger partial charge in [0.2, 0.25) is 0 Å². The molecule has 0 saturated carbocycles. The van der Waals surface area contributed by atoms with Gasteiger partial charge in [0, 0.05) is 40.2 Å². The summed E-state index contributed by atoms with van der Waals surface area (Å²) in [5.41, 5.74) is 3.10. The maximum Gasteiger partial charge on any atom is 0.277 e. The predicted octanol–water partition coefficient (Wildman–Crippen LogP) is 2.61. The summed E-state index contributed by atoms with van der Waals surface area (Å²) >= 11 is 3.45. The van der Waals surface area contributed by atoms with Crippen LogP contribution in [-0.2, 0) is 13.0 Å². The van der Waals surface area contributed by atoms with Crippen LogP contribution in [-0.4, -0.2) is 24.5 Å². The number of aromatic amines is 2. The molecule has 0 aliphatic rings. The Balaban J connectivity index is 1.80. The van der Waals surface area contributed by atoms with Gasteiger partial charge in [-0.3, -0.25) is 9.36 Å². The van der Waals surface area contributed by atoms with E-state index < -0.39 is 0 Å². The zero-order valence-electron chi connectivity index (χ0n) is 11.5. The number of imidazole rings is 1. The predicted molar refractivity (Wildman–Crippen MR) is 87.9 cm³/mol. The number of hydrogen-bond donors (Lipinski definition) is 2. The van der Waals surface area contributed by atoms with E-state index in [4.69, 9.17) is 0 Å². The van der Waals surface area contributed by atoms with Crippen molar-refractivity contribution < 1.29 is 0 Å². The van der Waals surface area contributed by atoms with Crippen molar-refractivity contribution in [1.82, 2.24) is 24.5 Å². The smallest absolute Gasteiger partial charge is 0.277 e. The Labute approximate surface area is 133 Å². The number of H-pyrrole nitrogens is 2. The van der Waals surface area contributed by atoms with Crippen LogP contribution in [0.2, 0.25) is 0 Å². The first-order valence-corrected chi connectivity index (χ1v) is 7.65. The average Bonchev–Trinajstić information content (AvgIpc) is 3.14. The van der Waals surface area contributed by atoms with Crippen LogP contribution in [0.25, 0.3) is 21.9 Å². The topological polar surface area (TPSA) is 79.4 Å². The van der Waals surface area contributed by atoms with Gasteiger partial charge in [0.1, 0.15) is 11.0 Å². The van der Waals surface area contributed by atoms with Gasteiger partial charge in [-0.15, -0.1) is 0 Å². The summed E-state index contributed by atoms with van der Waals surface area (Å²) in [6.45, 7) is 0.559. The van der Waals surface area contributed by atoms with Crippen LogP contribution in [0.4, 0.5) is 0 Å². The van der Waals surface area contributed by atoms with E-state index in [1.807, 2.05) is 18.2 Å². The van der Waals surface area contributed by atoms with Crippen LogP contribution in [0.3, 0.4) is 0 Å². The van der Waals surface area contributed by atoms with Crippen molar-refractivity contribution in [2.45, 2.75) is 13.0 Å². The van der Waals surface area contributed by atoms with Crippen molar-refractivity contribution in [1.29, 1.82) is 0 Å². The maximum absolute atomic E-state index is 12.6. The lowest BCUT2D eigenvalue weighted by molar-refractivity contribution is 0.655. The Morgan fingerprint density at radius 1 is 1.32 bits per heavy atom. The molecule has 0 unspecified atom stereocenters. The third-order valence-electron chi connectivity index (χ3n) is 3.71. The molecular formula is C15H12BrN5O. The van der Waals surface area contributed by atoms with E-state index in [9.17, 15) is 4.79 Å². The van der Waals surface area contributed by atoms with Gasteiger partial charge in [-0.05, 0) is 18.2 Å². The minimum Gasteiger partial charge on any atom is -0.349 e. The molecule has 0 bridgehead atoms.